The molecule has 0 aliphatic rings. The van der Waals surface area contributed by atoms with E-state index in [-0.39, 0.29) is 6.61 Å². The van der Waals surface area contributed by atoms with E-state index in [9.17, 15) is 4.39 Å². The van der Waals surface area contributed by atoms with Crippen molar-refractivity contribution in [2.24, 2.45) is 0 Å². The number of hydrogen-bond donors (Lipinski definition) is 0. The first-order valence-corrected chi connectivity index (χ1v) is 4.73. The van der Waals surface area contributed by atoms with Crippen molar-refractivity contribution in [3.8, 4) is 5.95 Å². The summed E-state index contributed by atoms with van der Waals surface area (Å²) in [4.78, 5) is 0. The zero-order valence-electron chi connectivity index (χ0n) is 8.41. The van der Waals surface area contributed by atoms with Crippen molar-refractivity contribution in [1.29, 1.82) is 0 Å². The summed E-state index contributed by atoms with van der Waals surface area (Å²) < 4.78 is 31.6. The number of halogens is 1. The van der Waals surface area contributed by atoms with E-state index < -0.39 is 6.67 Å². The van der Waals surface area contributed by atoms with Gasteiger partial charge in [-0.2, -0.15) is 0 Å². The lowest BCUT2D eigenvalue weighted by atomic mass is 10.6. The van der Waals surface area contributed by atoms with Crippen LogP contribution in [-0.4, -0.2) is 39.7 Å². The third-order valence-electron chi connectivity index (χ3n) is 1.51. The van der Waals surface area contributed by atoms with E-state index in [2.05, 4.69) is 6.26 Å². The molecule has 0 atom stereocenters. The minimum Gasteiger partial charge on any atom is -0.463 e. The summed E-state index contributed by atoms with van der Waals surface area (Å²) in [5, 5.41) is 0. The summed E-state index contributed by atoms with van der Waals surface area (Å²) >= 11 is 0. The van der Waals surface area contributed by atoms with E-state index in [1.807, 2.05) is 0 Å². The number of alkyl halides is 1. The van der Waals surface area contributed by atoms with Crippen LogP contribution < -0.4 is 4.74 Å². The molecule has 1 aromatic rings. The van der Waals surface area contributed by atoms with E-state index in [4.69, 9.17) is 18.6 Å². The molecule has 0 saturated carbocycles. The quantitative estimate of drug-likeness (QED) is 0.587. The van der Waals surface area contributed by atoms with E-state index in [1.165, 1.54) is 0 Å². The first-order valence-electron chi connectivity index (χ1n) is 4.73. The largest absolute Gasteiger partial charge is 0.463 e. The zero-order valence-corrected chi connectivity index (χ0v) is 8.41. The van der Waals surface area contributed by atoms with Gasteiger partial charge in [-0.05, 0) is 6.07 Å². The molecule has 4 nitrogen and oxygen atoms in total. The normalized spacial score (nSPS) is 10.5. The number of hydrogen-bond acceptors (Lipinski definition) is 4. The average molecular weight is 217 g/mol. The third-order valence-corrected chi connectivity index (χ3v) is 1.51. The first-order chi connectivity index (χ1) is 7.43. The maximum atomic E-state index is 11.6. The lowest BCUT2D eigenvalue weighted by Crippen LogP contribution is -2.11. The number of ether oxygens (including phenoxy) is 3. The predicted octanol–water partition coefficient (Wildman–Crippen LogP) is 1.46. The molecule has 1 aromatic heterocycles. The zero-order chi connectivity index (χ0) is 10.8. The van der Waals surface area contributed by atoms with Gasteiger partial charge < -0.3 is 18.6 Å². The molecule has 0 fully saturated rings. The molecule has 0 bridgehead atoms. The topological polar surface area (TPSA) is 40.8 Å². The van der Waals surface area contributed by atoms with Crippen LogP contribution in [0.2, 0.25) is 0 Å². The Morgan fingerprint density at radius 3 is 2.53 bits per heavy atom. The summed E-state index contributed by atoms with van der Waals surface area (Å²) in [6, 6.07) is 3.30. The molecular weight excluding hydrogens is 203 g/mol. The van der Waals surface area contributed by atoms with Crippen molar-refractivity contribution in [3.05, 3.63) is 18.4 Å². The van der Waals surface area contributed by atoms with Gasteiger partial charge in [-0.15, -0.1) is 0 Å². The molecule has 0 saturated heterocycles. The number of rotatable bonds is 9. The van der Waals surface area contributed by atoms with Crippen LogP contribution >= 0.6 is 0 Å². The van der Waals surface area contributed by atoms with Crippen molar-refractivity contribution in [2.45, 2.75) is 0 Å². The van der Waals surface area contributed by atoms with Crippen LogP contribution in [0.25, 0.3) is 0 Å². The summed E-state index contributed by atoms with van der Waals surface area (Å²) in [7, 11) is 0. The van der Waals surface area contributed by atoms with Crippen LogP contribution in [0.5, 0.6) is 5.95 Å². The molecule has 0 unspecified atom stereocenters. The minimum atomic E-state index is -0.460. The number of furan rings is 1. The molecule has 0 N–H and O–H groups in total. The Labute approximate surface area is 87.9 Å². The van der Waals surface area contributed by atoms with Crippen LogP contribution in [0.1, 0.15) is 0 Å². The fourth-order valence-electron chi connectivity index (χ4n) is 0.883. The van der Waals surface area contributed by atoms with E-state index in [1.54, 1.807) is 12.1 Å². The van der Waals surface area contributed by atoms with Gasteiger partial charge in [-0.25, -0.2) is 4.39 Å². The van der Waals surface area contributed by atoms with Gasteiger partial charge in [-0.1, -0.05) is 0 Å². The van der Waals surface area contributed by atoms with Crippen LogP contribution in [-0.2, 0) is 9.47 Å². The molecule has 1 radical (unpaired) electrons. The molecule has 85 valence electrons. The van der Waals surface area contributed by atoms with Crippen molar-refractivity contribution < 1.29 is 23.0 Å². The van der Waals surface area contributed by atoms with Crippen molar-refractivity contribution in [1.82, 2.24) is 0 Å². The van der Waals surface area contributed by atoms with Gasteiger partial charge in [0.1, 0.15) is 13.3 Å². The maximum Gasteiger partial charge on any atom is 0.285 e. The Kier molecular flexibility index (Phi) is 6.61. The average Bonchev–Trinajstić information content (AvgIpc) is 2.75. The summed E-state index contributed by atoms with van der Waals surface area (Å²) in [6.07, 6.45) is 2.51. The van der Waals surface area contributed by atoms with E-state index in [0.29, 0.717) is 32.4 Å². The van der Waals surface area contributed by atoms with Crippen LogP contribution in [0.3, 0.4) is 0 Å². The second kappa shape index (κ2) is 8.26. The first kappa shape index (κ1) is 12.0. The lowest BCUT2D eigenvalue weighted by molar-refractivity contribution is 0.0298. The molecule has 5 heteroatoms. The highest BCUT2D eigenvalue weighted by Crippen LogP contribution is 2.08. The predicted molar refractivity (Wildman–Crippen MR) is 50.7 cm³/mol. The Hall–Kier alpha value is -1.07. The van der Waals surface area contributed by atoms with Crippen LogP contribution in [0.15, 0.2) is 16.5 Å². The molecule has 1 heterocycles. The van der Waals surface area contributed by atoms with Gasteiger partial charge in [-0.3, -0.25) is 0 Å². The molecule has 0 aromatic carbocycles. The smallest absolute Gasteiger partial charge is 0.285 e. The Balaban J connectivity index is 1.81. The minimum absolute atomic E-state index is 0.127. The van der Waals surface area contributed by atoms with Gasteiger partial charge >= 0.3 is 0 Å². The Morgan fingerprint density at radius 2 is 1.87 bits per heavy atom. The van der Waals surface area contributed by atoms with Gasteiger partial charge in [0, 0.05) is 6.07 Å². The van der Waals surface area contributed by atoms with E-state index >= 15 is 0 Å². The highest BCUT2D eigenvalue weighted by Gasteiger charge is 1.95. The van der Waals surface area contributed by atoms with Crippen molar-refractivity contribution in [2.75, 3.05) is 39.7 Å². The molecule has 15 heavy (non-hydrogen) atoms. The summed E-state index contributed by atoms with van der Waals surface area (Å²) in [6.45, 7) is 1.36. The molecule has 0 amide bonds. The Bertz CT molecular complexity index is 225. The standard InChI is InChI=1S/C10H14FO4/c11-3-5-12-6-7-13-8-9-15-10-2-1-4-14-10/h1-2H,3,5-9H2. The highest BCUT2D eigenvalue weighted by atomic mass is 19.1. The molecular formula is C10H14FO4. The monoisotopic (exact) mass is 217 g/mol. The fraction of sp³-hybridized carbons (Fsp3) is 0.600. The van der Waals surface area contributed by atoms with Gasteiger partial charge in [0.25, 0.3) is 5.95 Å². The second-order valence-corrected chi connectivity index (χ2v) is 2.63. The maximum absolute atomic E-state index is 11.6. The third kappa shape index (κ3) is 6.09. The van der Waals surface area contributed by atoms with Crippen molar-refractivity contribution >= 4 is 0 Å². The highest BCUT2D eigenvalue weighted by molar-refractivity contribution is 5.02. The van der Waals surface area contributed by atoms with Crippen molar-refractivity contribution in [3.63, 3.8) is 0 Å². The molecule has 1 rings (SSSR count). The second-order valence-electron chi connectivity index (χ2n) is 2.63. The fourth-order valence-corrected chi connectivity index (χ4v) is 0.883. The van der Waals surface area contributed by atoms with Gasteiger partial charge in [0.05, 0.1) is 26.4 Å². The lowest BCUT2D eigenvalue weighted by Gasteiger charge is -2.04. The van der Waals surface area contributed by atoms with Gasteiger partial charge in [0.2, 0.25) is 0 Å². The van der Waals surface area contributed by atoms with E-state index in [0.717, 1.165) is 0 Å². The van der Waals surface area contributed by atoms with Gasteiger partial charge in [0.15, 0.2) is 6.26 Å². The molecule has 0 aliphatic heterocycles. The summed E-state index contributed by atoms with van der Waals surface area (Å²) in [5.41, 5.74) is 0. The molecule has 0 aliphatic carbocycles. The van der Waals surface area contributed by atoms with Crippen LogP contribution in [0, 0.1) is 6.26 Å². The molecule has 0 spiro atoms. The Morgan fingerprint density at radius 1 is 1.13 bits per heavy atom. The summed E-state index contributed by atoms with van der Waals surface area (Å²) in [5.74, 6) is 0.423. The van der Waals surface area contributed by atoms with Crippen LogP contribution in [0.4, 0.5) is 4.39 Å². The SMILES string of the molecule is FCCOCCOCCOc1cc[c]o1.